The lowest BCUT2D eigenvalue weighted by molar-refractivity contribution is -0.144. The quantitative estimate of drug-likeness (QED) is 0.164. The van der Waals surface area contributed by atoms with E-state index in [0.717, 1.165) is 32.1 Å². The van der Waals surface area contributed by atoms with E-state index in [-0.39, 0.29) is 30.7 Å². The van der Waals surface area contributed by atoms with Gasteiger partial charge in [-0.1, -0.05) is 62.4 Å². The van der Waals surface area contributed by atoms with Crippen molar-refractivity contribution in [3.8, 4) is 0 Å². The van der Waals surface area contributed by atoms with Gasteiger partial charge in [-0.15, -0.1) is 23.2 Å². The van der Waals surface area contributed by atoms with Crippen LogP contribution in [0.2, 0.25) is 0 Å². The average Bonchev–Trinajstić information content (AvgIpc) is 3.98. The summed E-state index contributed by atoms with van der Waals surface area (Å²) in [5.74, 6) is -5.38. The van der Waals surface area contributed by atoms with Gasteiger partial charge in [-0.3, -0.25) is 28.8 Å². The van der Waals surface area contributed by atoms with Crippen LogP contribution in [-0.4, -0.2) is 106 Å². The van der Waals surface area contributed by atoms with Crippen LogP contribution in [0.4, 0.5) is 4.79 Å². The fourth-order valence-electron chi connectivity index (χ4n) is 7.58. The van der Waals surface area contributed by atoms with Crippen LogP contribution < -0.4 is 21.3 Å². The Labute approximate surface area is 326 Å². The molecule has 6 amide bonds. The number of nitrogens with one attached hydrogen (secondary N) is 4. The van der Waals surface area contributed by atoms with Gasteiger partial charge in [0.1, 0.15) is 28.1 Å². The highest BCUT2D eigenvalue weighted by atomic mass is 35.5. The van der Waals surface area contributed by atoms with Crippen molar-refractivity contribution < 1.29 is 38.3 Å². The molecule has 0 spiro atoms. The number of hydrogen-bond donors (Lipinski definition) is 4. The first kappa shape index (κ1) is 41.3. The van der Waals surface area contributed by atoms with E-state index in [2.05, 4.69) is 21.3 Å². The normalized spacial score (nSPS) is 23.5. The second-order valence-electron chi connectivity index (χ2n) is 16.2. The molecule has 5 rings (SSSR count). The maximum atomic E-state index is 14.3. The monoisotopic (exact) mass is 790 g/mol. The molecule has 4 N–H and O–H groups in total. The molecule has 4 aliphatic rings. The number of rotatable bonds is 14. The molecule has 1 saturated heterocycles. The second kappa shape index (κ2) is 16.8. The number of alkyl carbamates (subject to hydrolysis) is 1. The molecule has 3 aliphatic carbocycles. The van der Waals surface area contributed by atoms with Gasteiger partial charge in [-0.25, -0.2) is 4.79 Å². The highest BCUT2D eigenvalue weighted by Crippen LogP contribution is 2.65. The molecular weight excluding hydrogens is 739 g/mol. The van der Waals surface area contributed by atoms with Crippen molar-refractivity contribution in [1.82, 2.24) is 31.1 Å². The number of amides is 6. The van der Waals surface area contributed by atoms with E-state index in [9.17, 15) is 33.6 Å². The number of ketones is 1. The van der Waals surface area contributed by atoms with Crippen LogP contribution in [-0.2, 0) is 33.5 Å². The van der Waals surface area contributed by atoms with Gasteiger partial charge < -0.3 is 35.8 Å². The van der Waals surface area contributed by atoms with Crippen LogP contribution >= 0.6 is 23.2 Å². The zero-order valence-electron chi connectivity index (χ0n) is 31.5. The first-order valence-corrected chi connectivity index (χ1v) is 19.5. The molecule has 1 heterocycles. The van der Waals surface area contributed by atoms with E-state index in [4.69, 9.17) is 27.9 Å². The highest BCUT2D eigenvalue weighted by Gasteiger charge is 2.74. The topological polar surface area (TPSA) is 183 Å². The van der Waals surface area contributed by atoms with Gasteiger partial charge in [-0.05, 0) is 57.4 Å². The highest BCUT2D eigenvalue weighted by molar-refractivity contribution is 6.51. The molecule has 54 heavy (non-hydrogen) atoms. The van der Waals surface area contributed by atoms with Crippen molar-refractivity contribution >= 4 is 64.6 Å². The standard InChI is InChI=1S/C38H52Cl2N6O8/c1-37(2,3)54-36(53)44-29(23-14-10-7-11-15-23)35(52)46-20-24-27(38(24,39)40)30(46)32(49)42-25(18-21-16-17-21)31(48)33(50)41-19-26(47)43-28(34(51)45(4)5)22-12-8-6-9-13-22/h6,8-9,12-13,21,23-25,27-30H,7,10-11,14-20H2,1-5H3,(H,41,50)(H,42,49)(H,43,47)(H,44,53)/t24?,25?,27-,28-,29-,30-/m0/s1. The Balaban J connectivity index is 1.27. The number of likely N-dealkylation sites (N-methyl/N-ethyl adjacent to an activating group) is 1. The number of carbonyl (C=O) groups excluding carboxylic acids is 7. The molecule has 2 unspecified atom stereocenters. The van der Waals surface area contributed by atoms with Gasteiger partial charge in [0.25, 0.3) is 5.91 Å². The molecule has 6 atom stereocenters. The molecule has 1 aromatic rings. The van der Waals surface area contributed by atoms with E-state index in [1.165, 1.54) is 9.80 Å². The van der Waals surface area contributed by atoms with Crippen LogP contribution in [0.25, 0.3) is 0 Å². The molecule has 14 nitrogen and oxygen atoms in total. The van der Waals surface area contributed by atoms with E-state index in [1.807, 2.05) is 0 Å². The van der Waals surface area contributed by atoms with Crippen LogP contribution in [0.1, 0.15) is 83.7 Å². The third-order valence-corrected chi connectivity index (χ3v) is 11.7. The van der Waals surface area contributed by atoms with Crippen molar-refractivity contribution in [2.75, 3.05) is 27.2 Å². The lowest BCUT2D eigenvalue weighted by Crippen LogP contribution is -2.60. The number of likely N-dealkylation sites (tertiary alicyclic amines) is 1. The number of alkyl halides is 2. The lowest BCUT2D eigenvalue weighted by atomic mass is 9.83. The number of piperidine rings is 1. The number of fused-ring (bicyclic) bond motifs is 1. The summed E-state index contributed by atoms with van der Waals surface area (Å²) in [5, 5.41) is 10.5. The number of nitrogens with zero attached hydrogens (tertiary/aromatic N) is 2. The third kappa shape index (κ3) is 10.0. The van der Waals surface area contributed by atoms with Crippen molar-refractivity contribution in [2.24, 2.45) is 23.7 Å². The number of Topliss-reactive ketones (excluding diaryl/α,β-unsaturated/α-hetero) is 1. The summed E-state index contributed by atoms with van der Waals surface area (Å²) in [6.07, 6.45) is 5.30. The third-order valence-electron chi connectivity index (χ3n) is 10.6. The van der Waals surface area contributed by atoms with Gasteiger partial charge in [-0.2, -0.15) is 0 Å². The SMILES string of the molecule is CN(C)C(=O)[C@@H](NC(=O)CNC(=O)C(=O)C(CC1CC1)NC(=O)[C@@H]1[C@@H]2C(CN1C(=O)[C@@H](NC(=O)OC(C)(C)C)C1CCCCC1)C2(Cl)Cl)c1ccccc1. The minimum atomic E-state index is -1.27. The van der Waals surface area contributed by atoms with Crippen molar-refractivity contribution in [2.45, 2.75) is 106 Å². The minimum Gasteiger partial charge on any atom is -0.444 e. The number of hydrogen-bond acceptors (Lipinski definition) is 8. The summed E-state index contributed by atoms with van der Waals surface area (Å²) in [6, 6.07) is 4.24. The molecule has 296 valence electrons. The Morgan fingerprint density at radius 3 is 2.17 bits per heavy atom. The van der Waals surface area contributed by atoms with E-state index in [0.29, 0.717) is 18.4 Å². The van der Waals surface area contributed by atoms with Crippen LogP contribution in [0.15, 0.2) is 30.3 Å². The molecule has 0 bridgehead atoms. The van der Waals surface area contributed by atoms with E-state index >= 15 is 0 Å². The first-order valence-electron chi connectivity index (χ1n) is 18.7. The number of carbonyl (C=O) groups is 7. The fourth-order valence-corrected chi connectivity index (χ4v) is 8.41. The van der Waals surface area contributed by atoms with E-state index in [1.54, 1.807) is 65.2 Å². The summed E-state index contributed by atoms with van der Waals surface area (Å²) in [4.78, 5) is 96.7. The first-order chi connectivity index (χ1) is 25.4. The summed E-state index contributed by atoms with van der Waals surface area (Å²) in [7, 11) is 3.11. The van der Waals surface area contributed by atoms with Crippen molar-refractivity contribution in [3.63, 3.8) is 0 Å². The molecular formula is C38H52Cl2N6O8. The maximum absolute atomic E-state index is 14.3. The minimum absolute atomic E-state index is 0.0743. The summed E-state index contributed by atoms with van der Waals surface area (Å²) in [6.45, 7) is 4.65. The smallest absolute Gasteiger partial charge is 0.408 e. The van der Waals surface area contributed by atoms with Gasteiger partial charge in [0.05, 0.1) is 12.6 Å². The Morgan fingerprint density at radius 1 is 0.926 bits per heavy atom. The summed E-state index contributed by atoms with van der Waals surface area (Å²) in [5.41, 5.74) is -0.256. The molecule has 3 saturated carbocycles. The molecule has 1 aromatic carbocycles. The Bertz CT molecular complexity index is 1610. The Morgan fingerprint density at radius 2 is 1.57 bits per heavy atom. The number of ether oxygens (including phenoxy) is 1. The van der Waals surface area contributed by atoms with Crippen LogP contribution in [0.5, 0.6) is 0 Å². The van der Waals surface area contributed by atoms with Gasteiger partial charge in [0.2, 0.25) is 29.4 Å². The Kier molecular flexibility index (Phi) is 12.9. The molecule has 0 aromatic heterocycles. The lowest BCUT2D eigenvalue weighted by Gasteiger charge is -2.37. The Hall–Kier alpha value is -3.91. The zero-order valence-corrected chi connectivity index (χ0v) is 33.0. The summed E-state index contributed by atoms with van der Waals surface area (Å²) < 4.78 is 4.21. The van der Waals surface area contributed by atoms with Crippen molar-refractivity contribution in [3.05, 3.63) is 35.9 Å². The number of halogens is 2. The molecule has 0 radical (unpaired) electrons. The van der Waals surface area contributed by atoms with Gasteiger partial charge in [0, 0.05) is 32.5 Å². The van der Waals surface area contributed by atoms with Gasteiger partial charge >= 0.3 is 6.09 Å². The maximum Gasteiger partial charge on any atom is 0.408 e. The molecule has 1 aliphatic heterocycles. The predicted octanol–water partition coefficient (Wildman–Crippen LogP) is 3.01. The van der Waals surface area contributed by atoms with Gasteiger partial charge in [0.15, 0.2) is 0 Å². The van der Waals surface area contributed by atoms with E-state index < -0.39 is 88.0 Å². The largest absolute Gasteiger partial charge is 0.444 e. The molecule has 4 fully saturated rings. The summed E-state index contributed by atoms with van der Waals surface area (Å²) >= 11 is 13.2. The second-order valence-corrected chi connectivity index (χ2v) is 17.6. The van der Waals surface area contributed by atoms with Crippen LogP contribution in [0, 0.1) is 23.7 Å². The predicted molar refractivity (Wildman–Crippen MR) is 200 cm³/mol. The number of benzene rings is 1. The fraction of sp³-hybridized carbons (Fsp3) is 0.658. The van der Waals surface area contributed by atoms with Crippen LogP contribution in [0.3, 0.4) is 0 Å². The zero-order chi connectivity index (χ0) is 39.5. The average molecular weight is 792 g/mol. The van der Waals surface area contributed by atoms with Crippen molar-refractivity contribution in [1.29, 1.82) is 0 Å². The molecule has 16 heteroatoms.